The lowest BCUT2D eigenvalue weighted by Gasteiger charge is -2.50. The summed E-state index contributed by atoms with van der Waals surface area (Å²) in [5, 5.41) is 48.5. The molecule has 5 aliphatic carbocycles. The predicted octanol–water partition coefficient (Wildman–Crippen LogP) is 3.68. The van der Waals surface area contributed by atoms with E-state index in [-0.39, 0.29) is 30.1 Å². The Morgan fingerprint density at radius 3 is 2.26 bits per heavy atom. The van der Waals surface area contributed by atoms with Crippen molar-refractivity contribution in [3.8, 4) is 5.75 Å². The molecule has 1 aromatic carbocycles. The summed E-state index contributed by atoms with van der Waals surface area (Å²) in [7, 11) is 2.91. The van der Waals surface area contributed by atoms with E-state index in [1.165, 1.54) is 19.0 Å². The van der Waals surface area contributed by atoms with Crippen LogP contribution in [0.25, 0.3) is 5.76 Å². The number of nitrogens with two attached hydrogens (primary N) is 1. The summed E-state index contributed by atoms with van der Waals surface area (Å²) in [4.78, 5) is 40.8. The lowest BCUT2D eigenvalue weighted by atomic mass is 9.57. The van der Waals surface area contributed by atoms with Gasteiger partial charge in [0.05, 0.1) is 17.2 Å². The van der Waals surface area contributed by atoms with Crippen LogP contribution in [0.3, 0.4) is 0 Å². The first-order valence-electron chi connectivity index (χ1n) is 16.3. The number of nitrogens with zero attached hydrogens (tertiary/aromatic N) is 1. The highest BCUT2D eigenvalue weighted by Gasteiger charge is 2.64. The third-order valence-corrected chi connectivity index (χ3v) is 11.5. The van der Waals surface area contributed by atoms with E-state index in [0.29, 0.717) is 17.8 Å². The molecule has 1 amide bonds. The maximum atomic E-state index is 14.9. The van der Waals surface area contributed by atoms with E-state index >= 15 is 0 Å². The second kappa shape index (κ2) is 11.6. The van der Waals surface area contributed by atoms with Gasteiger partial charge in [0.15, 0.2) is 11.4 Å². The molecular formula is C34H42F3N3O7. The number of amides is 1. The van der Waals surface area contributed by atoms with Crippen molar-refractivity contribution in [2.45, 2.75) is 88.7 Å². The van der Waals surface area contributed by atoms with Gasteiger partial charge in [0.2, 0.25) is 5.78 Å². The quantitative estimate of drug-likeness (QED) is 0.249. The largest absolute Gasteiger partial charge is 0.508 e. The molecule has 10 nitrogen and oxygen atoms in total. The molecule has 0 aromatic heterocycles. The highest BCUT2D eigenvalue weighted by Crippen LogP contribution is 2.54. The summed E-state index contributed by atoms with van der Waals surface area (Å²) in [5.41, 5.74) is -1.14. The second-order valence-electron chi connectivity index (χ2n) is 14.5. The number of benzene rings is 1. The number of rotatable bonds is 6. The van der Waals surface area contributed by atoms with Gasteiger partial charge < -0.3 is 31.5 Å². The number of fused-ring (bicyclic) bond motifs is 5. The maximum absolute atomic E-state index is 14.9. The highest BCUT2D eigenvalue weighted by atomic mass is 19.4. The van der Waals surface area contributed by atoms with Crippen molar-refractivity contribution in [2.75, 3.05) is 14.1 Å². The van der Waals surface area contributed by atoms with E-state index in [1.54, 1.807) is 0 Å². The molecule has 5 aliphatic rings. The minimum absolute atomic E-state index is 0.0298. The summed E-state index contributed by atoms with van der Waals surface area (Å²) >= 11 is 0. The van der Waals surface area contributed by atoms with Crippen LogP contribution in [0.2, 0.25) is 0 Å². The van der Waals surface area contributed by atoms with Crippen molar-refractivity contribution >= 4 is 23.2 Å². The first kappa shape index (κ1) is 33.5. The van der Waals surface area contributed by atoms with Crippen molar-refractivity contribution in [3.05, 3.63) is 45.2 Å². The molecular weight excluding hydrogens is 619 g/mol. The van der Waals surface area contributed by atoms with E-state index in [9.17, 15) is 48.0 Å². The van der Waals surface area contributed by atoms with Gasteiger partial charge in [0, 0.05) is 24.1 Å². The zero-order valence-electron chi connectivity index (χ0n) is 26.7. The fourth-order valence-corrected chi connectivity index (χ4v) is 9.62. The molecule has 6 rings (SSSR count). The number of halogens is 3. The van der Waals surface area contributed by atoms with Crippen molar-refractivity contribution in [1.82, 2.24) is 10.2 Å². The van der Waals surface area contributed by atoms with Gasteiger partial charge >= 0.3 is 6.18 Å². The van der Waals surface area contributed by atoms with Crippen molar-refractivity contribution < 1.29 is 48.0 Å². The third-order valence-electron chi connectivity index (χ3n) is 11.5. The molecule has 0 radical (unpaired) electrons. The van der Waals surface area contributed by atoms with Crippen LogP contribution in [-0.4, -0.2) is 74.6 Å². The number of likely N-dealkylation sites (N-methyl/N-ethyl adjacent to an activating group) is 1. The zero-order valence-corrected chi connectivity index (χ0v) is 26.7. The molecule has 0 aliphatic heterocycles. The number of phenols is 1. The number of Topliss-reactive ketones (excluding diaryl/α,β-unsaturated/α-hetero) is 2. The Balaban J connectivity index is 1.40. The number of phenolic OH excluding ortho intramolecular Hbond substituents is 1. The Labute approximate surface area is 270 Å². The van der Waals surface area contributed by atoms with Gasteiger partial charge in [-0.3, -0.25) is 19.3 Å². The minimum Gasteiger partial charge on any atom is -0.508 e. The van der Waals surface area contributed by atoms with Crippen LogP contribution >= 0.6 is 0 Å². The lowest BCUT2D eigenvalue weighted by Crippen LogP contribution is -2.65. The smallest absolute Gasteiger partial charge is 0.417 e. The average Bonchev–Trinajstić information content (AvgIpc) is 2.96. The molecule has 13 heteroatoms. The van der Waals surface area contributed by atoms with Gasteiger partial charge in [-0.2, -0.15) is 13.2 Å². The molecule has 7 N–H and O–H groups in total. The summed E-state index contributed by atoms with van der Waals surface area (Å²) < 4.78 is 44.7. The second-order valence-corrected chi connectivity index (χ2v) is 14.5. The molecule has 3 saturated carbocycles. The molecule has 0 spiro atoms. The average molecular weight is 662 g/mol. The maximum Gasteiger partial charge on any atom is 0.417 e. The number of aliphatic hydroxyl groups excluding tert-OH is 2. The number of aliphatic hydroxyl groups is 3. The molecule has 6 atom stereocenters. The van der Waals surface area contributed by atoms with Crippen molar-refractivity contribution in [3.63, 3.8) is 0 Å². The summed E-state index contributed by atoms with van der Waals surface area (Å²) in [5.74, 6) is -7.20. The number of ketones is 2. The number of nitrogens with one attached hydrogen (secondary N) is 1. The van der Waals surface area contributed by atoms with Crippen LogP contribution in [-0.2, 0) is 33.5 Å². The summed E-state index contributed by atoms with van der Waals surface area (Å²) in [6.07, 6.45) is 0.655. The number of alkyl halides is 3. The Kier molecular flexibility index (Phi) is 8.28. The molecule has 1 aromatic rings. The van der Waals surface area contributed by atoms with Gasteiger partial charge in [-0.25, -0.2) is 0 Å². The topological polar surface area (TPSA) is 173 Å². The third kappa shape index (κ3) is 5.25. The SMILES string of the molecule is CCC1CC2CC(C1)CC(NCc1cc(O)c3c(c1C(F)(F)F)C[C@H]1C[C@H]4[C@H](N(C)C)C(=O)C(C(N)=O)=C(O)[C@@]4(O)C(=O)C1=C3O)C2. The molecule has 47 heavy (non-hydrogen) atoms. The van der Waals surface area contributed by atoms with E-state index in [1.807, 2.05) is 0 Å². The Hall–Kier alpha value is -3.42. The molecule has 0 saturated heterocycles. The Bertz CT molecular complexity index is 1590. The van der Waals surface area contributed by atoms with Gasteiger partial charge in [-0.05, 0) is 99.9 Å². The van der Waals surface area contributed by atoms with Gasteiger partial charge in [-0.15, -0.1) is 0 Å². The van der Waals surface area contributed by atoms with E-state index in [2.05, 4.69) is 12.2 Å². The van der Waals surface area contributed by atoms with Crippen molar-refractivity contribution in [2.24, 2.45) is 35.3 Å². The normalized spacial score (nSPS) is 33.9. The molecule has 2 bridgehead atoms. The molecule has 3 fully saturated rings. The van der Waals surface area contributed by atoms with Crippen LogP contribution in [0.5, 0.6) is 5.75 Å². The number of carbonyl (C=O) groups is 3. The van der Waals surface area contributed by atoms with Crippen LogP contribution in [0.15, 0.2) is 23.0 Å². The summed E-state index contributed by atoms with van der Waals surface area (Å²) in [6.45, 7) is 2.03. The van der Waals surface area contributed by atoms with Crippen LogP contribution in [0.1, 0.15) is 74.1 Å². The first-order valence-corrected chi connectivity index (χ1v) is 16.3. The standard InChI is InChI=1S/C34H42F3N3O7/c1-4-14-5-15-7-16(6-14)9-19(8-15)39-13-18-12-22(41)24-20(26(18)34(35,36)37)10-17-11-21-27(40(2)3)29(43)25(32(38)46)31(45)33(21,47)30(44)23(17)28(24)42/h12,14-17,19,21,27,39,41-42,45,47H,4-11,13H2,1-3H3,(H2,38,46)/t14?,15?,16?,17-,19?,21-,27-,33-/m0/s1. The van der Waals surface area contributed by atoms with Gasteiger partial charge in [0.25, 0.3) is 5.91 Å². The van der Waals surface area contributed by atoms with Gasteiger partial charge in [-0.1, -0.05) is 13.3 Å². The molecule has 2 unspecified atom stereocenters. The zero-order chi connectivity index (χ0) is 34.3. The molecule has 256 valence electrons. The predicted molar refractivity (Wildman–Crippen MR) is 164 cm³/mol. The molecule has 0 heterocycles. The van der Waals surface area contributed by atoms with Crippen molar-refractivity contribution in [1.29, 1.82) is 0 Å². The van der Waals surface area contributed by atoms with E-state index < -0.39 is 93.1 Å². The van der Waals surface area contributed by atoms with Gasteiger partial charge in [0.1, 0.15) is 22.8 Å². The van der Waals surface area contributed by atoms with Crippen LogP contribution < -0.4 is 11.1 Å². The monoisotopic (exact) mass is 661 g/mol. The van der Waals surface area contributed by atoms with Crippen LogP contribution in [0, 0.1) is 29.6 Å². The number of aromatic hydroxyl groups is 1. The number of carbonyl (C=O) groups excluding carboxylic acids is 3. The number of hydrogen-bond acceptors (Lipinski definition) is 9. The Morgan fingerprint density at radius 1 is 1.06 bits per heavy atom. The van der Waals surface area contributed by atoms with E-state index in [0.717, 1.165) is 44.6 Å². The highest BCUT2D eigenvalue weighted by molar-refractivity contribution is 6.24. The lowest BCUT2D eigenvalue weighted by molar-refractivity contribution is -0.153. The number of primary amides is 1. The fraction of sp³-hybridized carbons (Fsp3) is 0.618. The summed E-state index contributed by atoms with van der Waals surface area (Å²) in [6, 6.07) is -0.347. The minimum atomic E-state index is -4.88. The fourth-order valence-electron chi connectivity index (χ4n) is 9.62. The van der Waals surface area contributed by atoms with Crippen LogP contribution in [0.4, 0.5) is 13.2 Å². The number of hydrogen-bond donors (Lipinski definition) is 6. The Morgan fingerprint density at radius 2 is 1.70 bits per heavy atom. The van der Waals surface area contributed by atoms with E-state index in [4.69, 9.17) is 5.73 Å². The first-order chi connectivity index (χ1) is 22.0.